The van der Waals surface area contributed by atoms with Crippen molar-refractivity contribution in [2.24, 2.45) is 0 Å². The van der Waals surface area contributed by atoms with Crippen LogP contribution in [-0.2, 0) is 9.53 Å². The number of ether oxygens (including phenoxy) is 1. The van der Waals surface area contributed by atoms with E-state index in [-0.39, 0.29) is 12.1 Å². The summed E-state index contributed by atoms with van der Waals surface area (Å²) in [6, 6.07) is 0. The quantitative estimate of drug-likeness (QED) is 0.511. The van der Waals surface area contributed by atoms with Gasteiger partial charge in [0.05, 0.1) is 0 Å². The summed E-state index contributed by atoms with van der Waals surface area (Å²) in [5.41, 5.74) is 0.801. The highest BCUT2D eigenvalue weighted by molar-refractivity contribution is 5.88. The third-order valence-electron chi connectivity index (χ3n) is 2.82. The predicted molar refractivity (Wildman–Crippen MR) is 57.0 cm³/mol. The van der Waals surface area contributed by atoms with Gasteiger partial charge in [0.15, 0.2) is 0 Å². The molecule has 14 heavy (non-hydrogen) atoms. The second kappa shape index (κ2) is 5.84. The second-order valence-corrected chi connectivity index (χ2v) is 3.83. The molecular weight excluding hydrogens is 176 g/mol. The molecule has 2 heteroatoms. The molecule has 2 nitrogen and oxygen atoms in total. The van der Waals surface area contributed by atoms with E-state index in [9.17, 15) is 4.79 Å². The van der Waals surface area contributed by atoms with Crippen LogP contribution in [0.3, 0.4) is 0 Å². The van der Waals surface area contributed by atoms with E-state index in [0.29, 0.717) is 0 Å². The van der Waals surface area contributed by atoms with Gasteiger partial charge in [0.1, 0.15) is 6.10 Å². The first-order chi connectivity index (χ1) is 6.77. The molecule has 0 aromatic heterocycles. The van der Waals surface area contributed by atoms with Gasteiger partial charge >= 0.3 is 5.97 Å². The normalized spacial score (nSPS) is 19.4. The molecule has 1 fully saturated rings. The maximum Gasteiger partial charge on any atom is 0.333 e. The smallest absolute Gasteiger partial charge is 0.333 e. The maximum atomic E-state index is 11.6. The Morgan fingerprint density at radius 3 is 2.50 bits per heavy atom. The number of rotatable bonds is 3. The molecule has 0 atom stereocenters. The minimum absolute atomic E-state index is 0.109. The van der Waals surface area contributed by atoms with Crippen molar-refractivity contribution in [3.05, 3.63) is 11.6 Å². The number of hydrogen-bond donors (Lipinski definition) is 0. The van der Waals surface area contributed by atoms with Crippen LogP contribution in [0.4, 0.5) is 0 Å². The predicted octanol–water partition coefficient (Wildman–Crippen LogP) is 3.22. The highest BCUT2D eigenvalue weighted by atomic mass is 16.5. The summed E-state index contributed by atoms with van der Waals surface area (Å²) >= 11 is 0. The molecule has 1 rings (SSSR count). The van der Waals surface area contributed by atoms with E-state index >= 15 is 0 Å². The molecule has 0 aliphatic heterocycles. The van der Waals surface area contributed by atoms with E-state index in [1.807, 2.05) is 19.9 Å². The standard InChI is InChI=1S/C12H20O2/c1-3-10(4-2)12(13)14-11-8-6-5-7-9-11/h3,11H,4-9H2,1-2H3/b10-3-. The summed E-state index contributed by atoms with van der Waals surface area (Å²) < 4.78 is 5.43. The van der Waals surface area contributed by atoms with Crippen molar-refractivity contribution >= 4 is 5.97 Å². The summed E-state index contributed by atoms with van der Waals surface area (Å²) in [7, 11) is 0. The Balaban J connectivity index is 2.38. The minimum atomic E-state index is -0.109. The van der Waals surface area contributed by atoms with E-state index in [1.165, 1.54) is 19.3 Å². The zero-order chi connectivity index (χ0) is 10.4. The molecule has 0 heterocycles. The largest absolute Gasteiger partial charge is 0.459 e. The van der Waals surface area contributed by atoms with Crippen LogP contribution in [0.2, 0.25) is 0 Å². The number of allylic oxidation sites excluding steroid dienone is 1. The highest BCUT2D eigenvalue weighted by Gasteiger charge is 2.18. The summed E-state index contributed by atoms with van der Waals surface area (Å²) in [5.74, 6) is -0.109. The monoisotopic (exact) mass is 196 g/mol. The fourth-order valence-electron chi connectivity index (χ4n) is 1.88. The lowest BCUT2D eigenvalue weighted by molar-refractivity contribution is -0.145. The van der Waals surface area contributed by atoms with Crippen LogP contribution in [0, 0.1) is 0 Å². The lowest BCUT2D eigenvalue weighted by Gasteiger charge is -2.22. The molecule has 0 unspecified atom stereocenters. The topological polar surface area (TPSA) is 26.3 Å². The molecule has 0 N–H and O–H groups in total. The van der Waals surface area contributed by atoms with Crippen molar-refractivity contribution in [1.82, 2.24) is 0 Å². The molecule has 0 aromatic carbocycles. The van der Waals surface area contributed by atoms with Crippen molar-refractivity contribution < 1.29 is 9.53 Å². The van der Waals surface area contributed by atoms with Gasteiger partial charge in [-0.05, 0) is 39.0 Å². The van der Waals surface area contributed by atoms with Gasteiger partial charge in [-0.2, -0.15) is 0 Å². The van der Waals surface area contributed by atoms with Crippen LogP contribution in [0.5, 0.6) is 0 Å². The SMILES string of the molecule is C/C=C(/CC)C(=O)OC1CCCCC1. The molecule has 0 saturated heterocycles. The summed E-state index contributed by atoms with van der Waals surface area (Å²) in [4.78, 5) is 11.6. The first-order valence-corrected chi connectivity index (χ1v) is 5.64. The molecule has 0 bridgehead atoms. The molecule has 1 saturated carbocycles. The Labute approximate surface area is 86.3 Å². The Hall–Kier alpha value is -0.790. The molecule has 0 aromatic rings. The van der Waals surface area contributed by atoms with Crippen molar-refractivity contribution in [3.8, 4) is 0 Å². The van der Waals surface area contributed by atoms with Crippen LogP contribution in [0.1, 0.15) is 52.4 Å². The summed E-state index contributed by atoms with van der Waals surface area (Å²) in [5, 5.41) is 0. The third kappa shape index (κ3) is 3.17. The Bertz CT molecular complexity index is 212. The number of hydrogen-bond acceptors (Lipinski definition) is 2. The van der Waals surface area contributed by atoms with Gasteiger partial charge in [0.2, 0.25) is 0 Å². The molecule has 80 valence electrons. The Morgan fingerprint density at radius 1 is 1.36 bits per heavy atom. The minimum Gasteiger partial charge on any atom is -0.459 e. The van der Waals surface area contributed by atoms with E-state index in [4.69, 9.17) is 4.74 Å². The first-order valence-electron chi connectivity index (χ1n) is 5.64. The first kappa shape index (κ1) is 11.3. The van der Waals surface area contributed by atoms with Crippen molar-refractivity contribution in [3.63, 3.8) is 0 Å². The fraction of sp³-hybridized carbons (Fsp3) is 0.750. The average molecular weight is 196 g/mol. The van der Waals surface area contributed by atoms with Crippen molar-refractivity contribution in [1.29, 1.82) is 0 Å². The summed E-state index contributed by atoms with van der Waals surface area (Å²) in [6.07, 6.45) is 8.59. The Kier molecular flexibility index (Phi) is 4.71. The van der Waals surface area contributed by atoms with Crippen LogP contribution < -0.4 is 0 Å². The highest BCUT2D eigenvalue weighted by Crippen LogP contribution is 2.21. The summed E-state index contributed by atoms with van der Waals surface area (Å²) in [6.45, 7) is 3.87. The van der Waals surface area contributed by atoms with Crippen LogP contribution in [0.25, 0.3) is 0 Å². The zero-order valence-corrected chi connectivity index (χ0v) is 9.21. The van der Waals surface area contributed by atoms with E-state index in [2.05, 4.69) is 0 Å². The average Bonchev–Trinajstić information content (AvgIpc) is 2.21. The number of esters is 1. The van der Waals surface area contributed by atoms with E-state index in [0.717, 1.165) is 24.8 Å². The van der Waals surface area contributed by atoms with Gasteiger partial charge in [0, 0.05) is 5.57 Å². The van der Waals surface area contributed by atoms with Gasteiger partial charge < -0.3 is 4.74 Å². The maximum absolute atomic E-state index is 11.6. The van der Waals surface area contributed by atoms with Crippen LogP contribution in [0.15, 0.2) is 11.6 Å². The molecule has 0 spiro atoms. The molecule has 0 radical (unpaired) electrons. The zero-order valence-electron chi connectivity index (χ0n) is 9.21. The van der Waals surface area contributed by atoms with Gasteiger partial charge in [-0.3, -0.25) is 0 Å². The van der Waals surface area contributed by atoms with Gasteiger partial charge in [0.25, 0.3) is 0 Å². The van der Waals surface area contributed by atoms with Gasteiger partial charge in [-0.25, -0.2) is 4.79 Å². The van der Waals surface area contributed by atoms with Crippen molar-refractivity contribution in [2.45, 2.75) is 58.5 Å². The molecule has 1 aliphatic rings. The van der Waals surface area contributed by atoms with Crippen LogP contribution in [-0.4, -0.2) is 12.1 Å². The van der Waals surface area contributed by atoms with Gasteiger partial charge in [-0.15, -0.1) is 0 Å². The number of carbonyl (C=O) groups excluding carboxylic acids is 1. The van der Waals surface area contributed by atoms with Crippen LogP contribution >= 0.6 is 0 Å². The lowest BCUT2D eigenvalue weighted by Crippen LogP contribution is -2.21. The third-order valence-corrected chi connectivity index (χ3v) is 2.82. The molecule has 1 aliphatic carbocycles. The number of carbonyl (C=O) groups is 1. The fourth-order valence-corrected chi connectivity index (χ4v) is 1.88. The van der Waals surface area contributed by atoms with Crippen molar-refractivity contribution in [2.75, 3.05) is 0 Å². The molecule has 0 amide bonds. The lowest BCUT2D eigenvalue weighted by atomic mass is 9.98. The second-order valence-electron chi connectivity index (χ2n) is 3.83. The molecular formula is C12H20O2. The Morgan fingerprint density at radius 2 is 2.00 bits per heavy atom. The van der Waals surface area contributed by atoms with E-state index in [1.54, 1.807) is 0 Å². The van der Waals surface area contributed by atoms with Gasteiger partial charge in [-0.1, -0.05) is 19.4 Å². The van der Waals surface area contributed by atoms with E-state index < -0.39 is 0 Å².